The summed E-state index contributed by atoms with van der Waals surface area (Å²) < 4.78 is 5.71. The lowest BCUT2D eigenvalue weighted by Crippen LogP contribution is -2.24. The van der Waals surface area contributed by atoms with Crippen molar-refractivity contribution in [2.75, 3.05) is 0 Å². The first-order valence-corrected chi connectivity index (χ1v) is 6.73. The largest absolute Gasteiger partial charge is 0.430 e. The number of esters is 1. The van der Waals surface area contributed by atoms with Gasteiger partial charge in [0.15, 0.2) is 0 Å². The normalized spacial score (nSPS) is 21.4. The molecule has 0 atom stereocenters. The van der Waals surface area contributed by atoms with Gasteiger partial charge in [-0.3, -0.25) is 4.79 Å². The molecular formula is C16H28O2. The van der Waals surface area contributed by atoms with Crippen LogP contribution in [0.25, 0.3) is 0 Å². The standard InChI is InChI=1S/C16H28O2/c1-10(2)11(18-13(17)14(3,4)5)12-15(6,7)16(12,8)9/h12H,1-9H3. The van der Waals surface area contributed by atoms with Gasteiger partial charge in [0.05, 0.1) is 5.41 Å². The van der Waals surface area contributed by atoms with Crippen LogP contribution in [0.2, 0.25) is 0 Å². The van der Waals surface area contributed by atoms with Crippen LogP contribution in [-0.4, -0.2) is 5.97 Å². The lowest BCUT2D eigenvalue weighted by molar-refractivity contribution is -0.149. The summed E-state index contributed by atoms with van der Waals surface area (Å²) in [5.74, 6) is 1.07. The molecule has 0 amide bonds. The van der Waals surface area contributed by atoms with Gasteiger partial charge in [0, 0.05) is 5.92 Å². The molecule has 18 heavy (non-hydrogen) atoms. The highest BCUT2D eigenvalue weighted by atomic mass is 16.5. The van der Waals surface area contributed by atoms with Gasteiger partial charge in [0.1, 0.15) is 5.76 Å². The first-order valence-electron chi connectivity index (χ1n) is 6.73. The van der Waals surface area contributed by atoms with Gasteiger partial charge in [-0.15, -0.1) is 0 Å². The quantitative estimate of drug-likeness (QED) is 0.532. The first-order chi connectivity index (χ1) is 7.83. The van der Waals surface area contributed by atoms with Gasteiger partial charge in [0.2, 0.25) is 0 Å². The number of carbonyl (C=O) groups excluding carboxylic acids is 1. The van der Waals surface area contributed by atoms with Crippen LogP contribution in [0.3, 0.4) is 0 Å². The highest BCUT2D eigenvalue weighted by Crippen LogP contribution is 2.71. The molecule has 1 aliphatic carbocycles. The Labute approximate surface area is 112 Å². The molecule has 0 aromatic rings. The molecule has 0 unspecified atom stereocenters. The van der Waals surface area contributed by atoms with E-state index in [1.807, 2.05) is 34.6 Å². The topological polar surface area (TPSA) is 26.3 Å². The molecular weight excluding hydrogens is 224 g/mol. The Kier molecular flexibility index (Phi) is 3.49. The minimum Gasteiger partial charge on any atom is -0.430 e. The van der Waals surface area contributed by atoms with Crippen LogP contribution in [-0.2, 0) is 9.53 Å². The van der Waals surface area contributed by atoms with Crippen LogP contribution < -0.4 is 0 Å². The summed E-state index contributed by atoms with van der Waals surface area (Å²) in [5.41, 5.74) is 1.04. The molecule has 1 aliphatic rings. The van der Waals surface area contributed by atoms with E-state index < -0.39 is 5.41 Å². The van der Waals surface area contributed by atoms with E-state index in [1.165, 1.54) is 0 Å². The average molecular weight is 252 g/mol. The predicted octanol–water partition coefficient (Wildman–Crippen LogP) is 4.55. The number of carbonyl (C=O) groups is 1. The van der Waals surface area contributed by atoms with Crippen molar-refractivity contribution in [3.63, 3.8) is 0 Å². The summed E-state index contributed by atoms with van der Waals surface area (Å²) in [6, 6.07) is 0. The minimum absolute atomic E-state index is 0.141. The van der Waals surface area contributed by atoms with E-state index >= 15 is 0 Å². The minimum atomic E-state index is -0.454. The Morgan fingerprint density at radius 2 is 1.39 bits per heavy atom. The summed E-state index contributed by atoms with van der Waals surface area (Å²) in [6.07, 6.45) is 0. The van der Waals surface area contributed by atoms with Crippen molar-refractivity contribution in [3.05, 3.63) is 11.3 Å². The summed E-state index contributed by atoms with van der Waals surface area (Å²) >= 11 is 0. The first kappa shape index (κ1) is 15.3. The van der Waals surface area contributed by atoms with Gasteiger partial charge >= 0.3 is 5.97 Å². The van der Waals surface area contributed by atoms with E-state index in [0.717, 1.165) is 11.3 Å². The Bertz CT molecular complexity index is 374. The second-order valence-corrected chi connectivity index (χ2v) is 7.88. The van der Waals surface area contributed by atoms with E-state index in [-0.39, 0.29) is 16.8 Å². The molecule has 1 fully saturated rings. The van der Waals surface area contributed by atoms with Crippen LogP contribution in [0.4, 0.5) is 0 Å². The SMILES string of the molecule is CC(C)=C(OC(=O)C(C)(C)C)C1C(C)(C)C1(C)C. The van der Waals surface area contributed by atoms with E-state index in [2.05, 4.69) is 27.7 Å². The number of allylic oxidation sites excluding steroid dienone is 2. The molecule has 0 saturated heterocycles. The summed E-state index contributed by atoms with van der Waals surface area (Å²) in [7, 11) is 0. The molecule has 0 aromatic carbocycles. The molecule has 1 saturated carbocycles. The molecule has 0 radical (unpaired) electrons. The summed E-state index contributed by atoms with van der Waals surface area (Å²) in [5, 5.41) is 0. The fourth-order valence-corrected chi connectivity index (χ4v) is 2.55. The number of hydrogen-bond acceptors (Lipinski definition) is 2. The third-order valence-electron chi connectivity index (χ3n) is 4.59. The van der Waals surface area contributed by atoms with Gasteiger partial charge in [-0.25, -0.2) is 0 Å². The predicted molar refractivity (Wildman–Crippen MR) is 75.0 cm³/mol. The van der Waals surface area contributed by atoms with E-state index in [9.17, 15) is 4.79 Å². The van der Waals surface area contributed by atoms with Crippen molar-refractivity contribution < 1.29 is 9.53 Å². The lowest BCUT2D eigenvalue weighted by Gasteiger charge is -2.20. The van der Waals surface area contributed by atoms with Crippen molar-refractivity contribution in [2.24, 2.45) is 22.2 Å². The maximum absolute atomic E-state index is 12.1. The molecule has 0 N–H and O–H groups in total. The third kappa shape index (κ3) is 2.34. The zero-order valence-electron chi connectivity index (χ0n) is 13.4. The maximum Gasteiger partial charge on any atom is 0.316 e. The number of hydrogen-bond donors (Lipinski definition) is 0. The monoisotopic (exact) mass is 252 g/mol. The smallest absolute Gasteiger partial charge is 0.316 e. The third-order valence-corrected chi connectivity index (χ3v) is 4.59. The van der Waals surface area contributed by atoms with Gasteiger partial charge in [-0.1, -0.05) is 27.7 Å². The van der Waals surface area contributed by atoms with Crippen LogP contribution in [0, 0.1) is 22.2 Å². The lowest BCUT2D eigenvalue weighted by atomic mass is 9.97. The number of ether oxygens (including phenoxy) is 1. The fourth-order valence-electron chi connectivity index (χ4n) is 2.55. The molecule has 0 spiro atoms. The van der Waals surface area contributed by atoms with Gasteiger partial charge in [0.25, 0.3) is 0 Å². The zero-order chi connectivity index (χ0) is 14.5. The Hall–Kier alpha value is -0.790. The molecule has 2 nitrogen and oxygen atoms in total. The fraction of sp³-hybridized carbons (Fsp3) is 0.812. The molecule has 0 aliphatic heterocycles. The zero-order valence-corrected chi connectivity index (χ0v) is 13.4. The molecule has 104 valence electrons. The Morgan fingerprint density at radius 1 is 1.00 bits per heavy atom. The van der Waals surface area contributed by atoms with Crippen LogP contribution >= 0.6 is 0 Å². The van der Waals surface area contributed by atoms with Gasteiger partial charge < -0.3 is 4.74 Å². The summed E-state index contributed by atoms with van der Waals surface area (Å²) in [6.45, 7) is 18.7. The van der Waals surface area contributed by atoms with E-state index in [0.29, 0.717) is 5.92 Å². The maximum atomic E-state index is 12.1. The van der Waals surface area contributed by atoms with Crippen molar-refractivity contribution >= 4 is 5.97 Å². The molecule has 0 heterocycles. The Morgan fingerprint density at radius 3 is 1.61 bits per heavy atom. The van der Waals surface area contributed by atoms with Crippen molar-refractivity contribution in [2.45, 2.75) is 62.3 Å². The summed E-state index contributed by atoms with van der Waals surface area (Å²) in [4.78, 5) is 12.1. The van der Waals surface area contributed by atoms with Crippen LogP contribution in [0.5, 0.6) is 0 Å². The molecule has 0 aromatic heterocycles. The van der Waals surface area contributed by atoms with Gasteiger partial charge in [-0.2, -0.15) is 0 Å². The van der Waals surface area contributed by atoms with E-state index in [4.69, 9.17) is 4.74 Å². The van der Waals surface area contributed by atoms with Crippen molar-refractivity contribution in [3.8, 4) is 0 Å². The van der Waals surface area contributed by atoms with Gasteiger partial charge in [-0.05, 0) is 51.0 Å². The Balaban J connectivity index is 2.98. The molecule has 0 bridgehead atoms. The number of rotatable bonds is 2. The van der Waals surface area contributed by atoms with Crippen molar-refractivity contribution in [1.82, 2.24) is 0 Å². The second-order valence-electron chi connectivity index (χ2n) is 7.88. The van der Waals surface area contributed by atoms with E-state index in [1.54, 1.807) is 0 Å². The molecule has 1 rings (SSSR count). The average Bonchev–Trinajstić information content (AvgIpc) is 2.52. The van der Waals surface area contributed by atoms with Crippen LogP contribution in [0.15, 0.2) is 11.3 Å². The second kappa shape index (κ2) is 4.11. The van der Waals surface area contributed by atoms with Crippen molar-refractivity contribution in [1.29, 1.82) is 0 Å². The highest BCUT2D eigenvalue weighted by Gasteiger charge is 2.67. The van der Waals surface area contributed by atoms with Crippen LogP contribution in [0.1, 0.15) is 62.3 Å². The molecule has 2 heteroatoms. The highest BCUT2D eigenvalue weighted by molar-refractivity contribution is 5.76.